The third-order valence-corrected chi connectivity index (χ3v) is 3.01. The minimum atomic E-state index is -3.83. The van der Waals surface area contributed by atoms with Gasteiger partial charge in [0.2, 0.25) is 0 Å². The Morgan fingerprint density at radius 2 is 2.20 bits per heavy atom. The summed E-state index contributed by atoms with van der Waals surface area (Å²) in [6.07, 6.45) is 1.06. The van der Waals surface area contributed by atoms with Gasteiger partial charge < -0.3 is 4.74 Å². The summed E-state index contributed by atoms with van der Waals surface area (Å²) in [5.74, 6) is 0. The lowest BCUT2D eigenvalue weighted by atomic mass is 10.1. The molecule has 1 atom stereocenters. The lowest BCUT2D eigenvalue weighted by molar-refractivity contribution is 0.0866. The molecule has 1 saturated heterocycles. The maximum absolute atomic E-state index is 11.3. The van der Waals surface area contributed by atoms with Crippen molar-refractivity contribution in [3.05, 3.63) is 0 Å². The number of ether oxygens (including phenoxy) is 1. The van der Waals surface area contributed by atoms with Gasteiger partial charge in [-0.15, -0.1) is 0 Å². The Bertz CT molecular complexity index is 332. The number of nitrogens with zero attached hydrogens (tertiary/aromatic N) is 1. The lowest BCUT2D eigenvalue weighted by Crippen LogP contribution is -2.52. The highest BCUT2D eigenvalue weighted by Crippen LogP contribution is 2.17. The van der Waals surface area contributed by atoms with Crippen LogP contribution in [-0.2, 0) is 14.0 Å². The zero-order chi connectivity index (χ0) is 11.5. The van der Waals surface area contributed by atoms with E-state index < -0.39 is 21.5 Å². The highest BCUT2D eigenvalue weighted by molar-refractivity contribution is 8.12. The molecule has 8 heteroatoms. The molecule has 1 N–H and O–H groups in total. The molecule has 1 aliphatic rings. The van der Waals surface area contributed by atoms with Crippen molar-refractivity contribution in [2.24, 2.45) is 0 Å². The van der Waals surface area contributed by atoms with Gasteiger partial charge in [-0.3, -0.25) is 4.90 Å². The first kappa shape index (κ1) is 12.5. The number of nitrogens with one attached hydrogen (secondary N) is 1. The average molecular weight is 257 g/mol. The molecule has 0 aromatic rings. The summed E-state index contributed by atoms with van der Waals surface area (Å²) in [5, 5.41) is 0. The molecule has 0 aromatic heterocycles. The molecular formula is C7H13ClN2O4S. The van der Waals surface area contributed by atoms with E-state index in [1.54, 1.807) is 0 Å². The van der Waals surface area contributed by atoms with Gasteiger partial charge in [-0.05, 0) is 19.3 Å². The van der Waals surface area contributed by atoms with E-state index in [0.29, 0.717) is 13.0 Å². The van der Waals surface area contributed by atoms with Crippen LogP contribution in [0.15, 0.2) is 0 Å². The molecule has 1 fully saturated rings. The van der Waals surface area contributed by atoms with Crippen LogP contribution in [0.1, 0.15) is 19.3 Å². The smallest absolute Gasteiger partial charge is 0.410 e. The highest BCUT2D eigenvalue weighted by atomic mass is 35.7. The van der Waals surface area contributed by atoms with Gasteiger partial charge in [0, 0.05) is 17.2 Å². The summed E-state index contributed by atoms with van der Waals surface area (Å²) in [5.41, 5.74) is 0. The minimum absolute atomic E-state index is 0.469. The first-order valence-corrected chi connectivity index (χ1v) is 6.81. The fourth-order valence-electron chi connectivity index (χ4n) is 1.55. The Labute approximate surface area is 93.1 Å². The minimum Gasteiger partial charge on any atom is -0.453 e. The van der Waals surface area contributed by atoms with Crippen molar-refractivity contribution in [1.82, 2.24) is 9.62 Å². The van der Waals surface area contributed by atoms with Gasteiger partial charge in [-0.1, -0.05) is 0 Å². The van der Waals surface area contributed by atoms with E-state index in [1.165, 1.54) is 12.0 Å². The van der Waals surface area contributed by atoms with Gasteiger partial charge in [0.15, 0.2) is 0 Å². The van der Waals surface area contributed by atoms with Crippen molar-refractivity contribution < 1.29 is 17.9 Å². The van der Waals surface area contributed by atoms with Crippen molar-refractivity contribution in [1.29, 1.82) is 0 Å². The number of amides is 1. The van der Waals surface area contributed by atoms with Crippen LogP contribution in [0.5, 0.6) is 0 Å². The molecule has 88 valence electrons. The largest absolute Gasteiger partial charge is 0.453 e. The summed E-state index contributed by atoms with van der Waals surface area (Å²) in [6.45, 7) is 0.469. The van der Waals surface area contributed by atoms with E-state index in [-0.39, 0.29) is 0 Å². The monoisotopic (exact) mass is 256 g/mol. The van der Waals surface area contributed by atoms with Gasteiger partial charge in [-0.25, -0.2) is 4.79 Å². The number of carbonyl (C=O) groups is 1. The predicted molar refractivity (Wildman–Crippen MR) is 54.7 cm³/mol. The van der Waals surface area contributed by atoms with E-state index in [2.05, 4.69) is 9.46 Å². The third kappa shape index (κ3) is 3.84. The van der Waals surface area contributed by atoms with E-state index in [0.717, 1.165) is 12.8 Å². The molecule has 0 radical (unpaired) electrons. The Balaban J connectivity index is 2.70. The molecule has 1 rings (SSSR count). The summed E-state index contributed by atoms with van der Waals surface area (Å²) in [4.78, 5) is 12.6. The average Bonchev–Trinajstić information content (AvgIpc) is 2.15. The van der Waals surface area contributed by atoms with Gasteiger partial charge in [0.25, 0.3) is 9.24 Å². The van der Waals surface area contributed by atoms with E-state index in [9.17, 15) is 13.2 Å². The summed E-state index contributed by atoms with van der Waals surface area (Å²) >= 11 is 0. The van der Waals surface area contributed by atoms with Crippen LogP contribution in [-0.4, -0.2) is 39.2 Å². The number of carbonyl (C=O) groups excluding carboxylic acids is 1. The second-order valence-electron chi connectivity index (χ2n) is 3.23. The normalized spacial score (nSPS) is 22.5. The summed E-state index contributed by atoms with van der Waals surface area (Å²) in [6, 6.07) is 0. The number of methoxy groups -OCH3 is 1. The second kappa shape index (κ2) is 5.00. The first-order chi connectivity index (χ1) is 6.94. The summed E-state index contributed by atoms with van der Waals surface area (Å²) in [7, 11) is 2.49. The van der Waals surface area contributed by atoms with Crippen LogP contribution in [0, 0.1) is 0 Å². The van der Waals surface area contributed by atoms with Gasteiger partial charge in [0.05, 0.1) is 7.11 Å². The first-order valence-electron chi connectivity index (χ1n) is 4.50. The number of hydrogen-bond donors (Lipinski definition) is 1. The van der Waals surface area contributed by atoms with Crippen molar-refractivity contribution >= 4 is 26.0 Å². The number of halogens is 1. The molecule has 0 saturated carbocycles. The molecule has 6 nitrogen and oxygen atoms in total. The van der Waals surface area contributed by atoms with Crippen LogP contribution >= 0.6 is 10.7 Å². The van der Waals surface area contributed by atoms with Crippen LogP contribution in [0.3, 0.4) is 0 Å². The lowest BCUT2D eigenvalue weighted by Gasteiger charge is -2.33. The fourth-order valence-corrected chi connectivity index (χ4v) is 2.43. The van der Waals surface area contributed by atoms with Crippen LogP contribution in [0.25, 0.3) is 0 Å². The molecule has 0 spiro atoms. The Morgan fingerprint density at radius 3 is 2.73 bits per heavy atom. The van der Waals surface area contributed by atoms with Gasteiger partial charge >= 0.3 is 6.09 Å². The fraction of sp³-hybridized carbons (Fsp3) is 0.857. The summed E-state index contributed by atoms with van der Waals surface area (Å²) < 4.78 is 28.4. The number of rotatable bonds is 2. The topological polar surface area (TPSA) is 75.7 Å². The van der Waals surface area contributed by atoms with Crippen LogP contribution in [0.2, 0.25) is 0 Å². The van der Waals surface area contributed by atoms with Crippen molar-refractivity contribution in [2.75, 3.05) is 13.7 Å². The van der Waals surface area contributed by atoms with Gasteiger partial charge in [-0.2, -0.15) is 13.1 Å². The molecular weight excluding hydrogens is 244 g/mol. The molecule has 0 bridgehead atoms. The van der Waals surface area contributed by atoms with Crippen LogP contribution < -0.4 is 4.72 Å². The third-order valence-electron chi connectivity index (χ3n) is 2.19. The predicted octanol–water partition coefficient (Wildman–Crippen LogP) is 0.638. The van der Waals surface area contributed by atoms with Crippen molar-refractivity contribution in [3.63, 3.8) is 0 Å². The van der Waals surface area contributed by atoms with Crippen molar-refractivity contribution in [2.45, 2.75) is 25.4 Å². The highest BCUT2D eigenvalue weighted by Gasteiger charge is 2.29. The molecule has 1 amide bonds. The SMILES string of the molecule is COC(=O)N1CCCC[C@H]1NS(=O)(=O)Cl. The maximum atomic E-state index is 11.3. The molecule has 0 aliphatic carbocycles. The molecule has 1 aliphatic heterocycles. The standard InChI is InChI=1S/C7H13ClN2O4S/c1-14-7(11)10-5-3-2-4-6(10)9-15(8,12)13/h6,9H,2-5H2,1H3/t6-/m0/s1. The molecule has 0 aromatic carbocycles. The Hall–Kier alpha value is -0.530. The van der Waals surface area contributed by atoms with E-state index in [1.807, 2.05) is 0 Å². The van der Waals surface area contributed by atoms with Crippen LogP contribution in [0.4, 0.5) is 4.79 Å². The number of piperidine rings is 1. The second-order valence-corrected chi connectivity index (χ2v) is 5.56. The van der Waals surface area contributed by atoms with Gasteiger partial charge in [0.1, 0.15) is 6.17 Å². The zero-order valence-electron chi connectivity index (χ0n) is 8.27. The molecule has 1 heterocycles. The Kier molecular flexibility index (Phi) is 4.18. The Morgan fingerprint density at radius 1 is 1.53 bits per heavy atom. The molecule has 15 heavy (non-hydrogen) atoms. The quantitative estimate of drug-likeness (QED) is 0.736. The van der Waals surface area contributed by atoms with E-state index in [4.69, 9.17) is 10.7 Å². The number of hydrogen-bond acceptors (Lipinski definition) is 4. The van der Waals surface area contributed by atoms with Crippen molar-refractivity contribution in [3.8, 4) is 0 Å². The maximum Gasteiger partial charge on any atom is 0.410 e. The molecule has 0 unspecified atom stereocenters. The number of likely N-dealkylation sites (tertiary alicyclic amines) is 1. The van der Waals surface area contributed by atoms with E-state index >= 15 is 0 Å². The zero-order valence-corrected chi connectivity index (χ0v) is 9.84.